The zero-order valence-electron chi connectivity index (χ0n) is 34.6. The van der Waals surface area contributed by atoms with Crippen LogP contribution >= 0.6 is 0 Å². The Hall–Kier alpha value is -2.07. The molecule has 5 heterocycles. The van der Waals surface area contributed by atoms with Gasteiger partial charge in [-0.15, -0.1) is 0 Å². The van der Waals surface area contributed by atoms with Crippen LogP contribution in [-0.2, 0) is 66.8 Å². The van der Waals surface area contributed by atoms with Crippen molar-refractivity contribution >= 4 is 22.2 Å². The maximum Gasteiger partial charge on any atom is 0.397 e. The van der Waals surface area contributed by atoms with Gasteiger partial charge in [-0.2, -0.15) is 8.42 Å². The van der Waals surface area contributed by atoms with E-state index in [1.807, 2.05) is 0 Å². The fourth-order valence-corrected chi connectivity index (χ4v) is 8.39. The quantitative estimate of drug-likeness (QED) is 0.0639. The molecule has 31 heteroatoms. The van der Waals surface area contributed by atoms with Crippen LogP contribution in [-0.4, -0.2) is 271 Å². The van der Waals surface area contributed by atoms with Crippen LogP contribution in [0.25, 0.3) is 0 Å². The lowest BCUT2D eigenvalue weighted by molar-refractivity contribution is -0.402. The van der Waals surface area contributed by atoms with Crippen LogP contribution in [0, 0.1) is 0 Å². The molecule has 2 amide bonds. The Morgan fingerprint density at radius 1 is 0.508 bits per heavy atom. The van der Waals surface area contributed by atoms with Gasteiger partial charge in [0.15, 0.2) is 31.5 Å². The van der Waals surface area contributed by atoms with Crippen molar-refractivity contribution in [3.8, 4) is 0 Å². The first-order chi connectivity index (χ1) is 30.4. The molecule has 5 aliphatic heterocycles. The second kappa shape index (κ2) is 22.6. The summed E-state index contributed by atoms with van der Waals surface area (Å²) in [6, 6.07) is -3.27. The van der Waals surface area contributed by atoms with Crippen molar-refractivity contribution in [2.75, 3.05) is 26.4 Å². The predicted molar refractivity (Wildman–Crippen MR) is 199 cm³/mol. The molecular formula is C34H58N2O28S. The summed E-state index contributed by atoms with van der Waals surface area (Å²) in [7, 11) is -5.47. The Morgan fingerprint density at radius 2 is 0.985 bits per heavy atom. The molecule has 16 N–H and O–H groups in total. The molecule has 0 unspecified atom stereocenters. The van der Waals surface area contributed by atoms with E-state index in [-0.39, 0.29) is 0 Å². The van der Waals surface area contributed by atoms with Crippen molar-refractivity contribution in [3.05, 3.63) is 0 Å². The fourth-order valence-electron chi connectivity index (χ4n) is 7.89. The zero-order chi connectivity index (χ0) is 48.4. The van der Waals surface area contributed by atoms with E-state index in [0.717, 1.165) is 13.8 Å². The molecule has 30 nitrogen and oxygen atoms in total. The highest BCUT2D eigenvalue weighted by atomic mass is 32.3. The molecule has 0 aliphatic carbocycles. The number of carbonyl (C=O) groups is 2. The molecule has 0 radical (unpaired) electrons. The number of aliphatic hydroxyl groups is 13. The molecule has 25 atom stereocenters. The molecule has 0 saturated carbocycles. The van der Waals surface area contributed by atoms with E-state index in [4.69, 9.17) is 42.6 Å². The lowest BCUT2D eigenvalue weighted by atomic mass is 9.94. The molecule has 5 aliphatic rings. The van der Waals surface area contributed by atoms with Crippen LogP contribution in [0.2, 0.25) is 0 Å². The van der Waals surface area contributed by atoms with Crippen molar-refractivity contribution in [1.82, 2.24) is 10.6 Å². The minimum atomic E-state index is -5.47. The van der Waals surface area contributed by atoms with Gasteiger partial charge in [-0.1, -0.05) is 0 Å². The molecule has 0 bridgehead atoms. The molecule has 378 valence electrons. The number of amides is 2. The standard InChI is InChI=1S/C34H58N2O28S/c1-8-17(42)23(48)24(49)32(56-8)63-29-28(62-33-25(50)27(64-65(52,53)54)20(45)13(6-39)59-33)21(46)14(7-55-31-15(35-9(2)40)22(47)18(43)11(4-37)58-31)60-34(29)61-26-16(36-10(3)41)30(51)57-12(5-38)19(26)44/h8,11-34,37-39,42-51H,4-7H2,1-3H3,(H,35,40)(H,36,41)(H,52,53,54)/t8-,11+,12+,13+,14+,15+,16+,17+,18+,19-,20-,21-,22+,23+,24-,25+,26+,27-,28-,29+,30-,31+,32-,33-,34-/m0/s1. The Labute approximate surface area is 368 Å². The first-order valence-electron chi connectivity index (χ1n) is 20.1. The molecular weight excluding hydrogens is 916 g/mol. The van der Waals surface area contributed by atoms with E-state index in [2.05, 4.69) is 14.8 Å². The van der Waals surface area contributed by atoms with Gasteiger partial charge in [0, 0.05) is 13.8 Å². The van der Waals surface area contributed by atoms with Crippen LogP contribution in [0.1, 0.15) is 20.8 Å². The summed E-state index contributed by atoms with van der Waals surface area (Å²) >= 11 is 0. The minimum absolute atomic E-state index is 0.753. The van der Waals surface area contributed by atoms with E-state index in [0.29, 0.717) is 0 Å². The van der Waals surface area contributed by atoms with Gasteiger partial charge in [-0.05, 0) is 6.92 Å². The summed E-state index contributed by atoms with van der Waals surface area (Å²) < 4.78 is 89.4. The first kappa shape index (κ1) is 53.9. The monoisotopic (exact) mass is 974 g/mol. The molecule has 0 aromatic rings. The third kappa shape index (κ3) is 12.4. The molecule has 5 fully saturated rings. The normalized spacial score (nSPS) is 47.5. The van der Waals surface area contributed by atoms with E-state index < -0.39 is 202 Å². The molecule has 0 aromatic heterocycles. The average molecular weight is 975 g/mol. The molecule has 5 rings (SSSR count). The largest absolute Gasteiger partial charge is 0.397 e. The van der Waals surface area contributed by atoms with Crippen molar-refractivity contribution in [2.45, 2.75) is 174 Å². The minimum Gasteiger partial charge on any atom is -0.394 e. The SMILES string of the molecule is CC(=O)N[C@@H]1[C@@H](O[C@@H]2O[C@H](CO[C@@H]3O[C@H](CO)[C@@H](O)[C@H](O)[C@H]3NC(C)=O)[C@H](O)[C@H](O[C@@H]3O[C@H](CO)[C@H](O)[C@H](OS(=O)(=O)O)[C@H]3O)[C@H]2O[C@@H]2O[C@@H](C)[C@@H](O)[C@@H](O)[C@@H]2O)[C@@H](O)[C@@H](CO)O[C@@H]1O. The van der Waals surface area contributed by atoms with Gasteiger partial charge in [-0.25, -0.2) is 4.18 Å². The lowest BCUT2D eigenvalue weighted by Gasteiger charge is -2.51. The smallest absolute Gasteiger partial charge is 0.394 e. The fraction of sp³-hybridized carbons (Fsp3) is 0.941. The lowest BCUT2D eigenvalue weighted by Crippen LogP contribution is -2.70. The summed E-state index contributed by atoms with van der Waals surface area (Å²) in [4.78, 5) is 24.4. The van der Waals surface area contributed by atoms with E-state index in [1.54, 1.807) is 0 Å². The van der Waals surface area contributed by atoms with Crippen LogP contribution in [0.4, 0.5) is 0 Å². The van der Waals surface area contributed by atoms with Gasteiger partial charge in [0.05, 0.1) is 32.5 Å². The number of rotatable bonds is 16. The maximum atomic E-state index is 12.3. The Balaban J connectivity index is 1.61. The molecule has 0 aromatic carbocycles. The Bertz CT molecular complexity index is 1670. The highest BCUT2D eigenvalue weighted by Gasteiger charge is 2.58. The van der Waals surface area contributed by atoms with Gasteiger partial charge >= 0.3 is 10.4 Å². The zero-order valence-corrected chi connectivity index (χ0v) is 35.5. The second-order valence-electron chi connectivity index (χ2n) is 15.9. The average Bonchev–Trinajstić information content (AvgIpc) is 3.23. The van der Waals surface area contributed by atoms with Crippen LogP contribution < -0.4 is 10.6 Å². The van der Waals surface area contributed by atoms with Crippen LogP contribution in [0.15, 0.2) is 0 Å². The number of ether oxygens (including phenoxy) is 9. The number of hydrogen-bond donors (Lipinski definition) is 16. The number of carbonyl (C=O) groups excluding carboxylic acids is 2. The Morgan fingerprint density at radius 3 is 1.57 bits per heavy atom. The van der Waals surface area contributed by atoms with Crippen molar-refractivity contribution in [2.24, 2.45) is 0 Å². The molecule has 0 spiro atoms. The number of aliphatic hydroxyl groups excluding tert-OH is 13. The van der Waals surface area contributed by atoms with E-state index >= 15 is 0 Å². The van der Waals surface area contributed by atoms with E-state index in [9.17, 15) is 88.9 Å². The van der Waals surface area contributed by atoms with Crippen molar-refractivity contribution < 1.29 is 136 Å². The van der Waals surface area contributed by atoms with Gasteiger partial charge in [0.1, 0.15) is 116 Å². The van der Waals surface area contributed by atoms with Crippen molar-refractivity contribution in [3.63, 3.8) is 0 Å². The molecule has 5 saturated heterocycles. The van der Waals surface area contributed by atoms with Crippen molar-refractivity contribution in [1.29, 1.82) is 0 Å². The summed E-state index contributed by atoms with van der Waals surface area (Å²) in [6.45, 7) is -0.576. The van der Waals surface area contributed by atoms with Gasteiger partial charge < -0.3 is 120 Å². The first-order valence-corrected chi connectivity index (χ1v) is 21.5. The van der Waals surface area contributed by atoms with Crippen LogP contribution in [0.3, 0.4) is 0 Å². The van der Waals surface area contributed by atoms with Gasteiger partial charge in [-0.3, -0.25) is 14.1 Å². The summed E-state index contributed by atoms with van der Waals surface area (Å²) in [5.41, 5.74) is 0. The highest BCUT2D eigenvalue weighted by molar-refractivity contribution is 7.80. The van der Waals surface area contributed by atoms with Gasteiger partial charge in [0.2, 0.25) is 11.8 Å². The third-order valence-electron chi connectivity index (χ3n) is 11.3. The predicted octanol–water partition coefficient (Wildman–Crippen LogP) is -10.8. The topological polar surface area (TPSA) is 468 Å². The van der Waals surface area contributed by atoms with Gasteiger partial charge in [0.25, 0.3) is 0 Å². The summed E-state index contributed by atoms with van der Waals surface area (Å²) in [5.74, 6) is -1.57. The van der Waals surface area contributed by atoms with E-state index in [1.165, 1.54) is 6.92 Å². The number of hydrogen-bond acceptors (Lipinski definition) is 27. The Kier molecular flexibility index (Phi) is 18.7. The highest BCUT2D eigenvalue weighted by Crippen LogP contribution is 2.37. The molecule has 65 heavy (non-hydrogen) atoms. The van der Waals surface area contributed by atoms with Crippen LogP contribution in [0.5, 0.6) is 0 Å². The summed E-state index contributed by atoms with van der Waals surface area (Å²) in [5, 5.41) is 144. The third-order valence-corrected chi connectivity index (χ3v) is 11.7. The number of nitrogens with one attached hydrogen (secondary N) is 2. The summed E-state index contributed by atoms with van der Waals surface area (Å²) in [6.07, 6.45) is -45.4. The maximum absolute atomic E-state index is 12.3. The second-order valence-corrected chi connectivity index (χ2v) is 17.0.